The molecule has 2 amide bonds. The molecule has 1 heterocycles. The van der Waals surface area contributed by atoms with E-state index in [2.05, 4.69) is 37.3 Å². The van der Waals surface area contributed by atoms with Gasteiger partial charge in [-0.2, -0.15) is 0 Å². The van der Waals surface area contributed by atoms with Crippen LogP contribution in [0.5, 0.6) is 5.75 Å². The third-order valence-electron chi connectivity index (χ3n) is 4.94. The molecule has 1 aliphatic heterocycles. The van der Waals surface area contributed by atoms with E-state index in [1.807, 2.05) is 0 Å². The first-order valence-corrected chi connectivity index (χ1v) is 11.9. The van der Waals surface area contributed by atoms with Gasteiger partial charge in [0.25, 0.3) is 17.5 Å². The molecule has 11 heteroatoms. The van der Waals surface area contributed by atoms with Crippen molar-refractivity contribution in [3.63, 3.8) is 0 Å². The minimum absolute atomic E-state index is 0.0816. The fourth-order valence-corrected chi connectivity index (χ4v) is 4.65. The van der Waals surface area contributed by atoms with Gasteiger partial charge in [0.05, 0.1) is 15.1 Å². The Morgan fingerprint density at radius 2 is 1.78 bits per heavy atom. The first kappa shape index (κ1) is 25.0. The molecule has 1 aliphatic rings. The molecule has 0 atom stereocenters. The third kappa shape index (κ3) is 5.58. The number of nitrogens with zero attached hydrogens (tertiary/aromatic N) is 2. The van der Waals surface area contributed by atoms with Crippen molar-refractivity contribution < 1.29 is 24.0 Å². The summed E-state index contributed by atoms with van der Waals surface area (Å²) >= 11 is 6.70. The summed E-state index contributed by atoms with van der Waals surface area (Å²) < 4.78 is 6.50. The molecule has 9 nitrogen and oxygen atoms in total. The molecule has 1 fully saturated rings. The van der Waals surface area contributed by atoms with Crippen LogP contribution in [0.25, 0.3) is 12.2 Å². The summed E-state index contributed by atoms with van der Waals surface area (Å²) in [6, 6.07) is 17.6. The van der Waals surface area contributed by atoms with Crippen molar-refractivity contribution >= 4 is 73.2 Å². The van der Waals surface area contributed by atoms with Gasteiger partial charge in [0.1, 0.15) is 5.57 Å². The summed E-state index contributed by atoms with van der Waals surface area (Å²) in [5.74, 6) is -1.86. The molecule has 0 spiro atoms. The first-order valence-electron chi connectivity index (χ1n) is 10.3. The molecule has 36 heavy (non-hydrogen) atoms. The molecular weight excluding hydrogens is 598 g/mol. The Bertz CT molecular complexity index is 1450. The molecule has 0 unspecified atom stereocenters. The molecule has 1 N–H and O–H groups in total. The molecule has 180 valence electrons. The number of hydrogen-bond acceptors (Lipinski definition) is 6. The van der Waals surface area contributed by atoms with Crippen LogP contribution in [-0.4, -0.2) is 22.7 Å². The number of carbonyl (C=O) groups is 3. The van der Waals surface area contributed by atoms with Crippen molar-refractivity contribution in [1.82, 2.24) is 5.43 Å². The Balaban J connectivity index is 1.61. The topological polar surface area (TPSA) is 119 Å². The maximum atomic E-state index is 12.9. The fourth-order valence-electron chi connectivity index (χ4n) is 3.31. The number of halogens is 2. The molecule has 1 saturated heterocycles. The average Bonchev–Trinajstić information content (AvgIpc) is 3.14. The molecule has 0 bridgehead atoms. The molecule has 4 rings (SSSR count). The number of esters is 1. The van der Waals surface area contributed by atoms with Gasteiger partial charge in [-0.25, -0.2) is 9.80 Å². The van der Waals surface area contributed by atoms with E-state index in [-0.39, 0.29) is 17.0 Å². The van der Waals surface area contributed by atoms with Crippen LogP contribution in [0.2, 0.25) is 0 Å². The lowest BCUT2D eigenvalue weighted by Gasteiger charge is -2.14. The van der Waals surface area contributed by atoms with Crippen molar-refractivity contribution in [2.24, 2.45) is 0 Å². The smallest absolute Gasteiger partial charge is 0.336 e. The Morgan fingerprint density at radius 3 is 2.50 bits per heavy atom. The molecule has 0 radical (unpaired) electrons. The van der Waals surface area contributed by atoms with E-state index in [1.54, 1.807) is 48.5 Å². The molecule has 0 saturated carbocycles. The van der Waals surface area contributed by atoms with Crippen molar-refractivity contribution in [3.8, 4) is 5.75 Å². The number of nitro groups is 1. The molecule has 3 aromatic carbocycles. The summed E-state index contributed by atoms with van der Waals surface area (Å²) in [6.45, 7) is 0. The molecule has 0 aliphatic carbocycles. The monoisotopic (exact) mass is 611 g/mol. The van der Waals surface area contributed by atoms with Gasteiger partial charge in [-0.1, -0.05) is 46.3 Å². The number of nitro benzene ring substituents is 1. The van der Waals surface area contributed by atoms with Gasteiger partial charge >= 0.3 is 5.97 Å². The maximum absolute atomic E-state index is 12.9. The molecular formula is C25H15Br2N3O6. The predicted molar refractivity (Wildman–Crippen MR) is 140 cm³/mol. The predicted octanol–water partition coefficient (Wildman–Crippen LogP) is 5.20. The second kappa shape index (κ2) is 10.7. The molecule has 3 aromatic rings. The summed E-state index contributed by atoms with van der Waals surface area (Å²) in [6.07, 6.45) is 3.84. The van der Waals surface area contributed by atoms with E-state index in [0.717, 1.165) is 11.1 Å². The number of hydrazine groups is 1. The van der Waals surface area contributed by atoms with Crippen LogP contribution in [0.3, 0.4) is 0 Å². The standard InChI is InChI=1S/C25H15Br2N3O6/c26-17-12-16(13-20-24(32)28-29(25(20)33)18-6-2-1-3-7-18)23(21(27)14-17)36-22(31)10-9-15-5-4-8-19(11-15)30(34)35/h1-14H,(H,28,32)/b10-9+,20-13+. The van der Waals surface area contributed by atoms with Gasteiger partial charge in [-0.05, 0) is 57.9 Å². The summed E-state index contributed by atoms with van der Waals surface area (Å²) in [7, 11) is 0. The highest BCUT2D eigenvalue weighted by Crippen LogP contribution is 2.35. The van der Waals surface area contributed by atoms with Crippen LogP contribution in [0.15, 0.2) is 87.3 Å². The maximum Gasteiger partial charge on any atom is 0.336 e. The van der Waals surface area contributed by atoms with Crippen molar-refractivity contribution in [3.05, 3.63) is 109 Å². The number of non-ortho nitro benzene ring substituents is 1. The lowest BCUT2D eigenvalue weighted by Crippen LogP contribution is -2.35. The largest absolute Gasteiger partial charge is 0.422 e. The van der Waals surface area contributed by atoms with Crippen molar-refractivity contribution in [2.45, 2.75) is 0 Å². The van der Waals surface area contributed by atoms with Crippen molar-refractivity contribution in [1.29, 1.82) is 0 Å². The van der Waals surface area contributed by atoms with E-state index in [1.165, 1.54) is 30.4 Å². The SMILES string of the molecule is O=C(/C=C/c1cccc([N+](=O)[O-])c1)Oc1c(Br)cc(Br)cc1/C=C1\C(=O)NN(c2ccccc2)C1=O. The van der Waals surface area contributed by atoms with Crippen LogP contribution in [0.4, 0.5) is 11.4 Å². The van der Waals surface area contributed by atoms with Crippen LogP contribution in [0, 0.1) is 10.1 Å². The van der Waals surface area contributed by atoms with Crippen LogP contribution in [0.1, 0.15) is 11.1 Å². The van der Waals surface area contributed by atoms with Crippen LogP contribution >= 0.6 is 31.9 Å². The lowest BCUT2D eigenvalue weighted by molar-refractivity contribution is -0.384. The quantitative estimate of drug-likeness (QED) is 0.102. The zero-order valence-corrected chi connectivity index (χ0v) is 21.4. The number of benzene rings is 3. The van der Waals surface area contributed by atoms with E-state index in [0.29, 0.717) is 25.8 Å². The summed E-state index contributed by atoms with van der Waals surface area (Å²) in [5, 5.41) is 12.1. The summed E-state index contributed by atoms with van der Waals surface area (Å²) in [4.78, 5) is 48.5. The zero-order chi connectivity index (χ0) is 25.8. The van der Waals surface area contributed by atoms with Gasteiger partial charge in [0.2, 0.25) is 0 Å². The van der Waals surface area contributed by atoms with Gasteiger partial charge in [-0.15, -0.1) is 0 Å². The van der Waals surface area contributed by atoms with E-state index in [4.69, 9.17) is 4.74 Å². The number of carbonyl (C=O) groups excluding carboxylic acids is 3. The highest BCUT2D eigenvalue weighted by Gasteiger charge is 2.34. The van der Waals surface area contributed by atoms with Gasteiger partial charge in [0.15, 0.2) is 5.75 Å². The number of amides is 2. The Hall–Kier alpha value is -4.09. The normalized spacial score (nSPS) is 14.4. The van der Waals surface area contributed by atoms with E-state index >= 15 is 0 Å². The number of rotatable bonds is 6. The van der Waals surface area contributed by atoms with Gasteiger partial charge < -0.3 is 4.74 Å². The van der Waals surface area contributed by atoms with Crippen molar-refractivity contribution in [2.75, 3.05) is 5.01 Å². The Kier molecular flexibility index (Phi) is 7.41. The molecule has 0 aromatic heterocycles. The minimum Gasteiger partial charge on any atom is -0.422 e. The number of anilines is 1. The third-order valence-corrected chi connectivity index (χ3v) is 5.99. The number of ether oxygens (including phenoxy) is 1. The second-order valence-electron chi connectivity index (χ2n) is 7.39. The second-order valence-corrected chi connectivity index (χ2v) is 9.16. The number of nitrogens with one attached hydrogen (secondary N) is 1. The van der Waals surface area contributed by atoms with Crippen LogP contribution < -0.4 is 15.2 Å². The average molecular weight is 613 g/mol. The Morgan fingerprint density at radius 1 is 1.03 bits per heavy atom. The van der Waals surface area contributed by atoms with Gasteiger partial charge in [-0.3, -0.25) is 25.1 Å². The number of para-hydroxylation sites is 1. The lowest BCUT2D eigenvalue weighted by atomic mass is 10.1. The van der Waals surface area contributed by atoms with E-state index in [9.17, 15) is 24.5 Å². The summed E-state index contributed by atoms with van der Waals surface area (Å²) in [5.41, 5.74) is 3.48. The van der Waals surface area contributed by atoms with Crippen LogP contribution in [-0.2, 0) is 14.4 Å². The zero-order valence-electron chi connectivity index (χ0n) is 18.2. The van der Waals surface area contributed by atoms with Gasteiger partial charge in [0, 0.05) is 28.2 Å². The number of hydrogen-bond donors (Lipinski definition) is 1. The highest BCUT2D eigenvalue weighted by atomic mass is 79.9. The fraction of sp³-hybridized carbons (Fsp3) is 0. The van der Waals surface area contributed by atoms with E-state index < -0.39 is 22.7 Å². The first-order chi connectivity index (χ1) is 17.2. The Labute approximate surface area is 221 Å². The minimum atomic E-state index is -0.766. The highest BCUT2D eigenvalue weighted by molar-refractivity contribution is 9.11.